The summed E-state index contributed by atoms with van der Waals surface area (Å²) >= 11 is 1.85. The largest absolute Gasteiger partial charge is 0.416 e. The molecule has 11 rings (SSSR count). The molecule has 0 radical (unpaired) electrons. The highest BCUT2D eigenvalue weighted by atomic mass is 32.1. The first-order valence-corrected chi connectivity index (χ1v) is 22.4. The van der Waals surface area contributed by atoms with Crippen molar-refractivity contribution in [3.8, 4) is 55.6 Å². The van der Waals surface area contributed by atoms with Crippen molar-refractivity contribution in [2.75, 3.05) is 0 Å². The Labute approximate surface area is 368 Å². The van der Waals surface area contributed by atoms with E-state index in [1.54, 1.807) is 6.07 Å². The first-order chi connectivity index (χ1) is 30.8. The summed E-state index contributed by atoms with van der Waals surface area (Å²) < 4.78 is 44.8. The van der Waals surface area contributed by atoms with Crippen molar-refractivity contribution in [3.05, 3.63) is 205 Å². The maximum atomic E-state index is 14.0. The number of hydrogen-bond acceptors (Lipinski definition) is 1. The van der Waals surface area contributed by atoms with Crippen LogP contribution in [0.25, 0.3) is 108 Å². The molecule has 0 unspecified atom stereocenters. The van der Waals surface area contributed by atoms with Crippen LogP contribution in [0.4, 0.5) is 13.2 Å². The van der Waals surface area contributed by atoms with Gasteiger partial charge in [0.1, 0.15) is 0 Å². The van der Waals surface area contributed by atoms with Crippen LogP contribution in [0, 0.1) is 0 Å². The lowest BCUT2D eigenvalue weighted by molar-refractivity contribution is -0.137. The number of thiophene rings is 1. The van der Waals surface area contributed by atoms with Gasteiger partial charge in [0.15, 0.2) is 0 Å². The van der Waals surface area contributed by atoms with Gasteiger partial charge in [-0.05, 0) is 155 Å². The number of rotatable bonds is 8. The normalized spacial score (nSPS) is 12.0. The van der Waals surface area contributed by atoms with Gasteiger partial charge in [-0.25, -0.2) is 0 Å². The Morgan fingerprint density at radius 2 is 0.873 bits per heavy atom. The maximum absolute atomic E-state index is 14.0. The van der Waals surface area contributed by atoms with Gasteiger partial charge in [-0.2, -0.15) is 13.2 Å². The predicted octanol–water partition coefficient (Wildman–Crippen LogP) is 18.2. The highest BCUT2D eigenvalue weighted by Crippen LogP contribution is 2.43. The van der Waals surface area contributed by atoms with Crippen LogP contribution in [0.3, 0.4) is 0 Å². The molecule has 304 valence electrons. The van der Waals surface area contributed by atoms with Gasteiger partial charge in [-0.3, -0.25) is 0 Å². The summed E-state index contributed by atoms with van der Waals surface area (Å²) in [6, 6.07) is 66.9. The topological polar surface area (TPSA) is 0 Å². The molecule has 0 amide bonds. The van der Waals surface area contributed by atoms with Gasteiger partial charge in [0.2, 0.25) is 0 Å². The number of benzene rings is 10. The Bertz CT molecular complexity index is 3540. The van der Waals surface area contributed by atoms with E-state index >= 15 is 0 Å². The number of alkyl halides is 3. The molecule has 0 aliphatic heterocycles. The summed E-state index contributed by atoms with van der Waals surface area (Å²) in [7, 11) is 0. The zero-order valence-corrected chi connectivity index (χ0v) is 35.5. The van der Waals surface area contributed by atoms with Gasteiger partial charge in [0.25, 0.3) is 0 Å². The molecule has 4 heteroatoms. The van der Waals surface area contributed by atoms with Crippen molar-refractivity contribution < 1.29 is 13.2 Å². The Balaban J connectivity index is 0.959. The Hall–Kier alpha value is -7.01. The van der Waals surface area contributed by atoms with E-state index in [1.807, 2.05) is 29.5 Å². The third-order valence-corrected chi connectivity index (χ3v) is 13.8. The molecule has 0 fully saturated rings. The molecule has 63 heavy (non-hydrogen) atoms. The molecule has 0 aliphatic carbocycles. The Morgan fingerprint density at radius 1 is 0.381 bits per heavy atom. The molecule has 0 aliphatic rings. The minimum atomic E-state index is -4.44. The van der Waals surface area contributed by atoms with Gasteiger partial charge in [0, 0.05) is 20.2 Å². The third-order valence-electron chi connectivity index (χ3n) is 12.6. The summed E-state index contributed by atoms with van der Waals surface area (Å²) in [6.45, 7) is 2.23. The molecule has 0 N–H and O–H groups in total. The van der Waals surface area contributed by atoms with Gasteiger partial charge in [-0.15, -0.1) is 11.3 Å². The van der Waals surface area contributed by atoms with Gasteiger partial charge < -0.3 is 0 Å². The quantitative estimate of drug-likeness (QED) is 0.134. The predicted molar refractivity (Wildman–Crippen MR) is 263 cm³/mol. The van der Waals surface area contributed by atoms with E-state index in [0.29, 0.717) is 5.39 Å². The molecule has 1 aromatic heterocycles. The zero-order chi connectivity index (χ0) is 42.7. The van der Waals surface area contributed by atoms with E-state index in [9.17, 15) is 13.2 Å². The molecule has 11 aromatic rings. The fourth-order valence-corrected chi connectivity index (χ4v) is 10.6. The molecule has 1 heterocycles. The summed E-state index contributed by atoms with van der Waals surface area (Å²) in [5.41, 5.74) is 12.0. The minimum absolute atomic E-state index is 0.604. The molecule has 0 nitrogen and oxygen atoms in total. The second-order valence-electron chi connectivity index (χ2n) is 16.6. The lowest BCUT2D eigenvalue weighted by Crippen LogP contribution is -2.04. The van der Waals surface area contributed by atoms with Crippen molar-refractivity contribution in [3.63, 3.8) is 0 Å². The molecule has 0 spiro atoms. The summed E-state index contributed by atoms with van der Waals surface area (Å²) in [4.78, 5) is 0. The summed E-state index contributed by atoms with van der Waals surface area (Å²) in [5.74, 6) is 0. The van der Waals surface area contributed by atoms with Crippen LogP contribution in [-0.2, 0) is 12.6 Å². The van der Waals surface area contributed by atoms with Crippen LogP contribution >= 0.6 is 11.3 Å². The van der Waals surface area contributed by atoms with E-state index in [1.165, 1.54) is 65.7 Å². The second kappa shape index (κ2) is 15.7. The number of halogens is 3. The van der Waals surface area contributed by atoms with Gasteiger partial charge in [-0.1, -0.05) is 159 Å². The van der Waals surface area contributed by atoms with Crippen LogP contribution in [0.15, 0.2) is 194 Å². The second-order valence-corrected chi connectivity index (χ2v) is 17.7. The first-order valence-electron chi connectivity index (χ1n) is 21.6. The van der Waals surface area contributed by atoms with E-state index in [2.05, 4.69) is 165 Å². The van der Waals surface area contributed by atoms with Crippen molar-refractivity contribution >= 4 is 63.8 Å². The minimum Gasteiger partial charge on any atom is -0.166 e. The summed E-state index contributed by atoms with van der Waals surface area (Å²) in [6.07, 6.45) is -1.25. The fraction of sp³-hybridized carbons (Fsp3) is 0.0847. The molecule has 0 saturated carbocycles. The van der Waals surface area contributed by atoms with Gasteiger partial charge in [0.05, 0.1) is 5.56 Å². The van der Waals surface area contributed by atoms with E-state index in [0.717, 1.165) is 74.0 Å². The van der Waals surface area contributed by atoms with Crippen molar-refractivity contribution in [2.45, 2.75) is 32.4 Å². The number of aryl methyl sites for hydroxylation is 1. The van der Waals surface area contributed by atoms with Crippen molar-refractivity contribution in [1.82, 2.24) is 0 Å². The van der Waals surface area contributed by atoms with Crippen LogP contribution < -0.4 is 0 Å². The van der Waals surface area contributed by atoms with E-state index in [4.69, 9.17) is 0 Å². The molecular formula is C59H41F3S. The Kier molecular flexibility index (Phi) is 9.70. The molecule has 10 aromatic carbocycles. The average Bonchev–Trinajstić information content (AvgIpc) is 3.72. The molecule has 0 saturated heterocycles. The lowest BCUT2D eigenvalue weighted by atomic mass is 9.90. The smallest absolute Gasteiger partial charge is 0.166 e. The highest BCUT2D eigenvalue weighted by Gasteiger charge is 2.31. The standard InChI is InChI=1S/C59H41F3S/c1-2-3-11-37-30-45(42-14-8-12-40(32-42)38-22-24-39(25-23-38)48-19-10-21-57-58(48)53-18-6-7-20-56(53)63-57)34-46(31-37)43-15-9-13-41(33-43)44-26-28-51-49-16-4-5-17-50(49)52-29-27-47(59(60,61)62)36-55(52)54(51)35-44/h4-10,12-36H,2-3,11H2,1H3. The number of hydrogen-bond donors (Lipinski definition) is 0. The van der Waals surface area contributed by atoms with Crippen molar-refractivity contribution in [1.29, 1.82) is 0 Å². The van der Waals surface area contributed by atoms with Crippen molar-refractivity contribution in [2.24, 2.45) is 0 Å². The lowest BCUT2D eigenvalue weighted by Gasteiger charge is -2.15. The molecular weight excluding hydrogens is 798 g/mol. The SMILES string of the molecule is CCCCc1cc(-c2cccc(-c3ccc(-c4cccc5sc6ccccc6c45)cc3)c2)cc(-c2cccc(-c3ccc4c5ccccc5c5ccc(C(F)(F)F)cc5c4c3)c2)c1. The van der Waals surface area contributed by atoms with Crippen LogP contribution in [0.5, 0.6) is 0 Å². The first kappa shape index (κ1) is 38.9. The van der Waals surface area contributed by atoms with Crippen LogP contribution in [0.1, 0.15) is 30.9 Å². The average molecular weight is 839 g/mol. The zero-order valence-electron chi connectivity index (χ0n) is 34.6. The van der Waals surface area contributed by atoms with Gasteiger partial charge >= 0.3 is 6.18 Å². The monoisotopic (exact) mass is 838 g/mol. The van der Waals surface area contributed by atoms with Crippen LogP contribution in [-0.4, -0.2) is 0 Å². The fourth-order valence-electron chi connectivity index (χ4n) is 9.48. The summed E-state index contributed by atoms with van der Waals surface area (Å²) in [5, 5.41) is 7.76. The maximum Gasteiger partial charge on any atom is 0.416 e. The van der Waals surface area contributed by atoms with E-state index < -0.39 is 11.7 Å². The third kappa shape index (κ3) is 7.15. The number of unbranched alkanes of at least 4 members (excludes halogenated alkanes) is 1. The number of fused-ring (bicyclic) bond motifs is 9. The van der Waals surface area contributed by atoms with E-state index in [-0.39, 0.29) is 0 Å². The molecule has 0 atom stereocenters. The molecule has 0 bridgehead atoms. The highest BCUT2D eigenvalue weighted by molar-refractivity contribution is 7.25. The Morgan fingerprint density at radius 3 is 1.54 bits per heavy atom. The van der Waals surface area contributed by atoms with Crippen LogP contribution in [0.2, 0.25) is 0 Å².